The van der Waals surface area contributed by atoms with E-state index in [2.05, 4.69) is 47.4 Å². The van der Waals surface area contributed by atoms with Gasteiger partial charge in [-0.15, -0.1) is 0 Å². The van der Waals surface area contributed by atoms with Crippen LogP contribution in [0.5, 0.6) is 0 Å². The number of benzene rings is 2. The van der Waals surface area contributed by atoms with Crippen molar-refractivity contribution >= 4 is 23.3 Å². The van der Waals surface area contributed by atoms with Gasteiger partial charge in [-0.3, -0.25) is 9.78 Å². The Morgan fingerprint density at radius 2 is 1.77 bits per heavy atom. The third-order valence-corrected chi connectivity index (χ3v) is 7.48. The molecule has 0 radical (unpaired) electrons. The first-order valence-electron chi connectivity index (χ1n) is 12.1. The number of nitrogens with zero attached hydrogens (tertiary/aromatic N) is 2. The standard InChI is InChI=1S/C29H31ClN2O3/c1-18-15-25(30)11-12-26(18)27(17-28(32-35)24-13-14-31-19(2)16-24)22-7-3-20(4-8-22)21-5-9-23(10-6-21)29(33)34/h3-4,7-8,11-16,21,23,27,35H,5-6,9-10,17H2,1-2H3,(H,33,34)/b32-28+/t21-,23+,27-/m1/s1. The Labute approximate surface area is 211 Å². The Hall–Kier alpha value is -3.18. The number of pyridine rings is 1. The second kappa shape index (κ2) is 11.0. The average molecular weight is 491 g/mol. The molecule has 2 aromatic carbocycles. The highest BCUT2D eigenvalue weighted by atomic mass is 35.5. The number of halogens is 1. The van der Waals surface area contributed by atoms with Gasteiger partial charge in [-0.2, -0.15) is 0 Å². The lowest BCUT2D eigenvalue weighted by Gasteiger charge is -2.27. The van der Waals surface area contributed by atoms with Crippen LogP contribution in [0.2, 0.25) is 5.02 Å². The summed E-state index contributed by atoms with van der Waals surface area (Å²) in [6, 6.07) is 18.4. The lowest BCUT2D eigenvalue weighted by Crippen LogP contribution is -2.20. The van der Waals surface area contributed by atoms with Gasteiger partial charge in [-0.05, 0) is 92.0 Å². The van der Waals surface area contributed by atoms with Crippen LogP contribution in [0.4, 0.5) is 0 Å². The molecule has 1 saturated carbocycles. The van der Waals surface area contributed by atoms with Crippen molar-refractivity contribution in [2.75, 3.05) is 0 Å². The summed E-state index contributed by atoms with van der Waals surface area (Å²) in [6.45, 7) is 3.97. The van der Waals surface area contributed by atoms with Gasteiger partial charge in [0, 0.05) is 34.8 Å². The van der Waals surface area contributed by atoms with Gasteiger partial charge < -0.3 is 10.3 Å². The van der Waals surface area contributed by atoms with E-state index in [-0.39, 0.29) is 11.8 Å². The highest BCUT2D eigenvalue weighted by Gasteiger charge is 2.27. The van der Waals surface area contributed by atoms with Crippen LogP contribution in [0.1, 0.15) is 77.5 Å². The van der Waals surface area contributed by atoms with E-state index in [1.807, 2.05) is 31.2 Å². The summed E-state index contributed by atoms with van der Waals surface area (Å²) >= 11 is 6.24. The number of carboxylic acids is 1. The van der Waals surface area contributed by atoms with Gasteiger partial charge in [0.15, 0.2) is 0 Å². The topological polar surface area (TPSA) is 82.8 Å². The fourth-order valence-corrected chi connectivity index (χ4v) is 5.47. The number of rotatable bonds is 7. The summed E-state index contributed by atoms with van der Waals surface area (Å²) < 4.78 is 0. The van der Waals surface area contributed by atoms with E-state index >= 15 is 0 Å². The lowest BCUT2D eigenvalue weighted by atomic mass is 9.78. The van der Waals surface area contributed by atoms with E-state index in [1.54, 1.807) is 6.20 Å². The van der Waals surface area contributed by atoms with Crippen LogP contribution >= 0.6 is 11.6 Å². The maximum absolute atomic E-state index is 11.3. The molecule has 0 amide bonds. The molecule has 5 nitrogen and oxygen atoms in total. The number of hydrogen-bond donors (Lipinski definition) is 2. The van der Waals surface area contributed by atoms with Gasteiger partial charge in [0.25, 0.3) is 0 Å². The maximum atomic E-state index is 11.3. The third-order valence-electron chi connectivity index (χ3n) is 7.24. The summed E-state index contributed by atoms with van der Waals surface area (Å²) in [6.07, 6.45) is 5.52. The fraction of sp³-hybridized carbons (Fsp3) is 0.345. The zero-order chi connectivity index (χ0) is 24.9. The van der Waals surface area contributed by atoms with Gasteiger partial charge in [0.05, 0.1) is 11.6 Å². The molecule has 0 saturated heterocycles. The number of aliphatic carboxylic acids is 1. The van der Waals surface area contributed by atoms with Crippen molar-refractivity contribution in [1.82, 2.24) is 4.98 Å². The number of carbonyl (C=O) groups is 1. The Balaban J connectivity index is 1.63. The van der Waals surface area contributed by atoms with Crippen molar-refractivity contribution in [3.05, 3.63) is 99.3 Å². The van der Waals surface area contributed by atoms with E-state index < -0.39 is 5.97 Å². The molecule has 6 heteroatoms. The average Bonchev–Trinajstić information content (AvgIpc) is 2.86. The molecule has 0 unspecified atom stereocenters. The quantitative estimate of drug-likeness (QED) is 0.210. The molecule has 1 atom stereocenters. The van der Waals surface area contributed by atoms with Crippen molar-refractivity contribution in [3.63, 3.8) is 0 Å². The summed E-state index contributed by atoms with van der Waals surface area (Å²) in [5.74, 6) is -0.519. The van der Waals surface area contributed by atoms with Crippen LogP contribution < -0.4 is 0 Å². The summed E-state index contributed by atoms with van der Waals surface area (Å²) in [5.41, 5.74) is 6.92. The molecule has 1 fully saturated rings. The molecule has 1 aliphatic carbocycles. The SMILES string of the molecule is Cc1cc(/C(C[C@H](c2ccc([C@H]3CC[C@@H](C(=O)O)CC3)cc2)c2ccc(Cl)cc2C)=N/O)ccn1. The van der Waals surface area contributed by atoms with Gasteiger partial charge in [-0.1, -0.05) is 47.1 Å². The van der Waals surface area contributed by atoms with Crippen molar-refractivity contribution in [2.45, 2.75) is 57.8 Å². The van der Waals surface area contributed by atoms with E-state index in [0.29, 0.717) is 23.1 Å². The molecule has 0 bridgehead atoms. The largest absolute Gasteiger partial charge is 0.481 e. The fourth-order valence-electron chi connectivity index (χ4n) is 5.25. The summed E-state index contributed by atoms with van der Waals surface area (Å²) in [5, 5.41) is 23.6. The van der Waals surface area contributed by atoms with E-state index in [9.17, 15) is 15.1 Å². The number of hydrogen-bond acceptors (Lipinski definition) is 4. The Morgan fingerprint density at radius 1 is 1.06 bits per heavy atom. The first-order chi connectivity index (χ1) is 16.9. The summed E-state index contributed by atoms with van der Waals surface area (Å²) in [7, 11) is 0. The van der Waals surface area contributed by atoms with Crippen LogP contribution in [0.3, 0.4) is 0 Å². The van der Waals surface area contributed by atoms with Crippen LogP contribution in [0, 0.1) is 19.8 Å². The van der Waals surface area contributed by atoms with Crippen LogP contribution in [-0.4, -0.2) is 27.0 Å². The number of carboxylic acid groups (broad SMARTS) is 1. The third kappa shape index (κ3) is 5.91. The van der Waals surface area contributed by atoms with E-state index in [4.69, 9.17) is 11.6 Å². The van der Waals surface area contributed by atoms with Gasteiger partial charge in [0.1, 0.15) is 0 Å². The monoisotopic (exact) mass is 490 g/mol. The minimum absolute atomic E-state index is 0.0246. The normalized spacial score (nSPS) is 19.3. The van der Waals surface area contributed by atoms with Crippen molar-refractivity contribution < 1.29 is 15.1 Å². The Kier molecular flexibility index (Phi) is 7.86. The molecule has 35 heavy (non-hydrogen) atoms. The second-order valence-corrected chi connectivity index (χ2v) is 9.98. The van der Waals surface area contributed by atoms with Gasteiger partial charge >= 0.3 is 5.97 Å². The molecule has 3 aromatic rings. The number of oxime groups is 1. The minimum Gasteiger partial charge on any atom is -0.481 e. The molecule has 0 spiro atoms. The first-order valence-corrected chi connectivity index (χ1v) is 12.5. The second-order valence-electron chi connectivity index (χ2n) is 9.54. The molecule has 1 heterocycles. The predicted molar refractivity (Wildman–Crippen MR) is 139 cm³/mol. The molecule has 182 valence electrons. The van der Waals surface area contributed by atoms with Crippen molar-refractivity contribution in [3.8, 4) is 0 Å². The molecule has 4 rings (SSSR count). The Bertz CT molecular complexity index is 1210. The molecule has 0 aliphatic heterocycles. The Morgan fingerprint density at radius 3 is 2.37 bits per heavy atom. The lowest BCUT2D eigenvalue weighted by molar-refractivity contribution is -0.142. The van der Waals surface area contributed by atoms with Gasteiger partial charge in [-0.25, -0.2) is 0 Å². The zero-order valence-corrected chi connectivity index (χ0v) is 20.9. The number of aryl methyl sites for hydroxylation is 2. The van der Waals surface area contributed by atoms with E-state index in [1.165, 1.54) is 5.56 Å². The molecular weight excluding hydrogens is 460 g/mol. The number of aromatic nitrogens is 1. The highest BCUT2D eigenvalue weighted by Crippen LogP contribution is 2.38. The van der Waals surface area contributed by atoms with Crippen LogP contribution in [0.25, 0.3) is 0 Å². The molecule has 2 N–H and O–H groups in total. The maximum Gasteiger partial charge on any atom is 0.306 e. The van der Waals surface area contributed by atoms with Crippen LogP contribution in [0.15, 0.2) is 65.9 Å². The smallest absolute Gasteiger partial charge is 0.306 e. The first kappa shape index (κ1) is 24.9. The predicted octanol–water partition coefficient (Wildman–Crippen LogP) is 7.11. The summed E-state index contributed by atoms with van der Waals surface area (Å²) in [4.78, 5) is 15.6. The minimum atomic E-state index is -0.675. The molecule has 1 aliphatic rings. The highest BCUT2D eigenvalue weighted by molar-refractivity contribution is 6.30. The van der Waals surface area contributed by atoms with Crippen LogP contribution in [-0.2, 0) is 4.79 Å². The van der Waals surface area contributed by atoms with Crippen molar-refractivity contribution in [1.29, 1.82) is 0 Å². The molecule has 1 aromatic heterocycles. The van der Waals surface area contributed by atoms with Gasteiger partial charge in [0.2, 0.25) is 0 Å². The molecular formula is C29H31ClN2O3. The van der Waals surface area contributed by atoms with Crippen molar-refractivity contribution in [2.24, 2.45) is 11.1 Å². The zero-order valence-electron chi connectivity index (χ0n) is 20.1. The van der Waals surface area contributed by atoms with E-state index in [0.717, 1.165) is 53.6 Å².